The highest BCUT2D eigenvalue weighted by atomic mass is 16.5. The highest BCUT2D eigenvalue weighted by molar-refractivity contribution is 5.99. The van der Waals surface area contributed by atoms with Gasteiger partial charge in [0.15, 0.2) is 5.78 Å². The summed E-state index contributed by atoms with van der Waals surface area (Å²) >= 11 is 0. The third kappa shape index (κ3) is 4.30. The van der Waals surface area contributed by atoms with Gasteiger partial charge in [-0.25, -0.2) is 0 Å². The Balaban J connectivity index is 1.38. The summed E-state index contributed by atoms with van der Waals surface area (Å²) in [6.07, 6.45) is 7.23. The van der Waals surface area contributed by atoms with Crippen molar-refractivity contribution in [2.24, 2.45) is 4.99 Å². The van der Waals surface area contributed by atoms with Gasteiger partial charge in [0.1, 0.15) is 18.9 Å². The number of aromatic nitrogens is 2. The lowest BCUT2D eigenvalue weighted by atomic mass is 10.0. The molecule has 0 amide bonds. The third-order valence-corrected chi connectivity index (χ3v) is 4.96. The predicted molar refractivity (Wildman–Crippen MR) is 120 cm³/mol. The van der Waals surface area contributed by atoms with Crippen molar-refractivity contribution < 1.29 is 9.53 Å². The number of H-pyrrole nitrogens is 1. The molecule has 2 heterocycles. The van der Waals surface area contributed by atoms with Crippen LogP contribution >= 0.6 is 0 Å². The average molecular weight is 397 g/mol. The lowest BCUT2D eigenvalue weighted by Gasteiger charge is -2.13. The molecular weight excluding hydrogens is 374 g/mol. The highest BCUT2D eigenvalue weighted by Crippen LogP contribution is 2.29. The van der Waals surface area contributed by atoms with Crippen LogP contribution in [0.1, 0.15) is 16.7 Å². The van der Waals surface area contributed by atoms with E-state index in [1.54, 1.807) is 12.4 Å². The molecule has 0 unspecified atom stereocenters. The fourth-order valence-electron chi connectivity index (χ4n) is 3.54. The number of rotatable bonds is 7. The molecule has 0 aliphatic heterocycles. The Morgan fingerprint density at radius 1 is 1.10 bits per heavy atom. The molecular formula is C25H23N3O2. The first-order valence-electron chi connectivity index (χ1n) is 9.84. The normalized spacial score (nSPS) is 11.3. The Kier molecular flexibility index (Phi) is 5.70. The summed E-state index contributed by atoms with van der Waals surface area (Å²) in [5, 5.41) is 1.09. The number of carbonyl (C=O) groups is 1. The summed E-state index contributed by atoms with van der Waals surface area (Å²) in [7, 11) is 0. The van der Waals surface area contributed by atoms with Crippen molar-refractivity contribution in [3.63, 3.8) is 0 Å². The number of hydrogen-bond donors (Lipinski definition) is 1. The third-order valence-electron chi connectivity index (χ3n) is 4.96. The zero-order valence-electron chi connectivity index (χ0n) is 17.1. The van der Waals surface area contributed by atoms with Gasteiger partial charge < -0.3 is 9.72 Å². The zero-order valence-corrected chi connectivity index (χ0v) is 17.1. The molecule has 0 saturated carbocycles. The number of carbonyl (C=O) groups excluding carboxylic acids is 1. The van der Waals surface area contributed by atoms with Crippen molar-refractivity contribution in [1.29, 1.82) is 0 Å². The number of pyridine rings is 1. The van der Waals surface area contributed by atoms with Crippen molar-refractivity contribution in [3.05, 3.63) is 83.8 Å². The summed E-state index contributed by atoms with van der Waals surface area (Å²) in [6, 6.07) is 16.0. The fourth-order valence-corrected chi connectivity index (χ4v) is 3.54. The standard InChI is InChI=1S/C25H23N3O2/c1-17-11-21(19-6-4-9-26-13-19)12-18(2)25(17)30-16-22(29)15-27-14-20-5-3-7-24-23(20)8-10-28-24/h3-14,28H,15-16H2,1-2H3. The van der Waals surface area contributed by atoms with E-state index >= 15 is 0 Å². The van der Waals surface area contributed by atoms with Gasteiger partial charge in [-0.2, -0.15) is 0 Å². The maximum Gasteiger partial charge on any atom is 0.191 e. The van der Waals surface area contributed by atoms with Crippen LogP contribution in [0.25, 0.3) is 22.0 Å². The second-order valence-electron chi connectivity index (χ2n) is 7.26. The molecule has 4 rings (SSSR count). The number of aliphatic imine (C=N–C) groups is 1. The van der Waals surface area contributed by atoms with E-state index in [-0.39, 0.29) is 18.9 Å². The maximum atomic E-state index is 12.3. The molecule has 2 aromatic heterocycles. The predicted octanol–water partition coefficient (Wildman–Crippen LogP) is 4.91. The Hall–Kier alpha value is -3.73. The van der Waals surface area contributed by atoms with Crippen LogP contribution in [0.3, 0.4) is 0 Å². The molecule has 0 bridgehead atoms. The van der Waals surface area contributed by atoms with E-state index in [0.29, 0.717) is 0 Å². The summed E-state index contributed by atoms with van der Waals surface area (Å²) in [5.74, 6) is 0.680. The number of nitrogens with one attached hydrogen (secondary N) is 1. The smallest absolute Gasteiger partial charge is 0.191 e. The number of aryl methyl sites for hydroxylation is 2. The van der Waals surface area contributed by atoms with Crippen LogP contribution < -0.4 is 4.74 Å². The average Bonchev–Trinajstić information content (AvgIpc) is 3.23. The lowest BCUT2D eigenvalue weighted by molar-refractivity contribution is -0.119. The van der Waals surface area contributed by atoms with E-state index in [9.17, 15) is 4.79 Å². The number of fused-ring (bicyclic) bond motifs is 1. The lowest BCUT2D eigenvalue weighted by Crippen LogP contribution is -2.15. The van der Waals surface area contributed by atoms with Gasteiger partial charge in [-0.3, -0.25) is 14.8 Å². The van der Waals surface area contributed by atoms with Crippen LogP contribution in [0.15, 0.2) is 72.1 Å². The number of benzene rings is 2. The molecule has 0 radical (unpaired) electrons. The SMILES string of the molecule is Cc1cc(-c2cccnc2)cc(C)c1OCC(=O)CN=Cc1cccc2[nH]ccc12. The van der Waals surface area contributed by atoms with Crippen LogP contribution in [-0.2, 0) is 4.79 Å². The summed E-state index contributed by atoms with van der Waals surface area (Å²) in [4.78, 5) is 23.9. The van der Waals surface area contributed by atoms with Crippen molar-refractivity contribution >= 4 is 22.9 Å². The summed E-state index contributed by atoms with van der Waals surface area (Å²) in [5.41, 5.74) is 6.15. The van der Waals surface area contributed by atoms with Gasteiger partial charge in [0.2, 0.25) is 0 Å². The topological polar surface area (TPSA) is 67.3 Å². The van der Waals surface area contributed by atoms with E-state index in [4.69, 9.17) is 4.74 Å². The van der Waals surface area contributed by atoms with Crippen LogP contribution in [0.2, 0.25) is 0 Å². The number of aromatic amines is 1. The quantitative estimate of drug-likeness (QED) is 0.450. The van der Waals surface area contributed by atoms with Crippen molar-refractivity contribution in [2.45, 2.75) is 13.8 Å². The highest BCUT2D eigenvalue weighted by Gasteiger charge is 2.10. The first-order valence-corrected chi connectivity index (χ1v) is 9.84. The van der Waals surface area contributed by atoms with E-state index in [1.165, 1.54) is 0 Å². The van der Waals surface area contributed by atoms with E-state index < -0.39 is 0 Å². The Morgan fingerprint density at radius 2 is 1.93 bits per heavy atom. The largest absolute Gasteiger partial charge is 0.485 e. The Morgan fingerprint density at radius 3 is 2.70 bits per heavy atom. The molecule has 0 aliphatic rings. The zero-order chi connectivity index (χ0) is 20.9. The van der Waals surface area contributed by atoms with Gasteiger partial charge in [0.25, 0.3) is 0 Å². The molecule has 30 heavy (non-hydrogen) atoms. The first-order chi connectivity index (χ1) is 14.6. The molecule has 1 N–H and O–H groups in total. The number of ketones is 1. The van der Waals surface area contributed by atoms with Gasteiger partial charge in [-0.15, -0.1) is 0 Å². The second-order valence-corrected chi connectivity index (χ2v) is 7.26. The summed E-state index contributed by atoms with van der Waals surface area (Å²) in [6.45, 7) is 4.07. The van der Waals surface area contributed by atoms with Crippen LogP contribution in [-0.4, -0.2) is 35.1 Å². The second kappa shape index (κ2) is 8.74. The molecule has 0 spiro atoms. The molecule has 0 atom stereocenters. The Bertz CT molecular complexity index is 1190. The van der Waals surface area contributed by atoms with Crippen molar-refractivity contribution in [3.8, 4) is 16.9 Å². The molecule has 5 heteroatoms. The molecule has 4 aromatic rings. The van der Waals surface area contributed by atoms with Crippen molar-refractivity contribution in [2.75, 3.05) is 13.2 Å². The Labute approximate surface area is 175 Å². The minimum Gasteiger partial charge on any atom is -0.485 e. The number of ether oxygens (including phenoxy) is 1. The summed E-state index contributed by atoms with van der Waals surface area (Å²) < 4.78 is 5.84. The monoisotopic (exact) mass is 397 g/mol. The number of hydrogen-bond acceptors (Lipinski definition) is 4. The van der Waals surface area contributed by atoms with E-state index in [1.807, 2.05) is 62.6 Å². The minimum absolute atomic E-state index is 0.000383. The van der Waals surface area contributed by atoms with Gasteiger partial charge in [0.05, 0.1) is 0 Å². The molecule has 0 saturated heterocycles. The van der Waals surface area contributed by atoms with Crippen LogP contribution in [0, 0.1) is 13.8 Å². The van der Waals surface area contributed by atoms with Gasteiger partial charge in [-0.05, 0) is 60.9 Å². The van der Waals surface area contributed by atoms with E-state index in [2.05, 4.69) is 27.1 Å². The molecule has 150 valence electrons. The van der Waals surface area contributed by atoms with Gasteiger partial charge in [0, 0.05) is 46.8 Å². The molecule has 0 aliphatic carbocycles. The molecule has 0 fully saturated rings. The minimum atomic E-state index is -0.0670. The maximum absolute atomic E-state index is 12.3. The van der Waals surface area contributed by atoms with Crippen LogP contribution in [0.4, 0.5) is 0 Å². The van der Waals surface area contributed by atoms with Crippen LogP contribution in [0.5, 0.6) is 5.75 Å². The van der Waals surface area contributed by atoms with Gasteiger partial charge in [-0.1, -0.05) is 18.2 Å². The molecule has 5 nitrogen and oxygen atoms in total. The number of nitrogens with zero attached hydrogens (tertiary/aromatic N) is 2. The van der Waals surface area contributed by atoms with Crippen molar-refractivity contribution in [1.82, 2.24) is 9.97 Å². The fraction of sp³-hybridized carbons (Fsp3) is 0.160. The van der Waals surface area contributed by atoms with E-state index in [0.717, 1.165) is 44.5 Å². The number of Topliss-reactive ketones (excluding diaryl/α,β-unsaturated/α-hetero) is 1. The molecule has 2 aromatic carbocycles. The first kappa shape index (κ1) is 19.6. The van der Waals surface area contributed by atoms with Gasteiger partial charge >= 0.3 is 0 Å².